The van der Waals surface area contributed by atoms with E-state index in [1.165, 1.54) is 10.8 Å². The number of benzene rings is 6. The second-order valence-electron chi connectivity index (χ2n) is 12.5. The molecule has 0 unspecified atom stereocenters. The number of furan rings is 1. The number of hydrogen-bond donors (Lipinski definition) is 0. The number of para-hydroxylation sites is 3. The highest BCUT2D eigenvalue weighted by molar-refractivity contribution is 6.09. The first kappa shape index (κ1) is 28.2. The fourth-order valence-electron chi connectivity index (χ4n) is 7.14. The van der Waals surface area contributed by atoms with Gasteiger partial charge in [-0.25, -0.2) is 9.97 Å². The lowest BCUT2D eigenvalue weighted by molar-refractivity contribution is 0.669. The summed E-state index contributed by atoms with van der Waals surface area (Å²) in [6.07, 6.45) is 3.68. The smallest absolute Gasteiger partial charge is 0.160 e. The van der Waals surface area contributed by atoms with E-state index >= 15 is 0 Å². The molecule has 50 heavy (non-hydrogen) atoms. The maximum atomic E-state index is 6.29. The molecule has 0 aliphatic rings. The molecule has 10 rings (SSSR count). The van der Waals surface area contributed by atoms with E-state index in [1.54, 1.807) is 0 Å². The Morgan fingerprint density at radius 2 is 1.02 bits per heavy atom. The van der Waals surface area contributed by atoms with Gasteiger partial charge in [0, 0.05) is 56.3 Å². The first-order valence-electron chi connectivity index (χ1n) is 16.7. The van der Waals surface area contributed by atoms with Gasteiger partial charge in [0.15, 0.2) is 5.82 Å². The van der Waals surface area contributed by atoms with Crippen LogP contribution in [0.15, 0.2) is 175 Å². The summed E-state index contributed by atoms with van der Waals surface area (Å²) in [4.78, 5) is 14.6. The second-order valence-corrected chi connectivity index (χ2v) is 12.5. The number of fused-ring (bicyclic) bond motifs is 6. The van der Waals surface area contributed by atoms with Gasteiger partial charge in [-0.2, -0.15) is 0 Å². The Bertz CT molecular complexity index is 2820. The molecule has 5 nitrogen and oxygen atoms in total. The standard InChI is InChI=1S/C45H28N4O/c1-2-10-30(11-3-1)45-47-39(31-18-19-38-37-14-6-9-17-43(37)50-44(38)27-31)28-40(48-45)33-24-32(29-20-22-46-23-21-29)25-34(26-33)49-41-15-7-4-12-35(41)36-13-5-8-16-42(36)49/h1-28H. The summed E-state index contributed by atoms with van der Waals surface area (Å²) in [7, 11) is 0. The van der Waals surface area contributed by atoms with Crippen molar-refractivity contribution in [3.05, 3.63) is 170 Å². The molecule has 0 saturated carbocycles. The van der Waals surface area contributed by atoms with Crippen LogP contribution >= 0.6 is 0 Å². The lowest BCUT2D eigenvalue weighted by Crippen LogP contribution is -1.99. The van der Waals surface area contributed by atoms with Crippen LogP contribution in [0, 0.1) is 0 Å². The van der Waals surface area contributed by atoms with E-state index in [0.29, 0.717) is 5.82 Å². The topological polar surface area (TPSA) is 56.7 Å². The van der Waals surface area contributed by atoms with E-state index in [0.717, 1.165) is 77.9 Å². The average molecular weight is 641 g/mol. The molecule has 0 spiro atoms. The Morgan fingerprint density at radius 3 is 1.78 bits per heavy atom. The summed E-state index contributed by atoms with van der Waals surface area (Å²) >= 11 is 0. The van der Waals surface area contributed by atoms with Crippen molar-refractivity contribution in [1.82, 2.24) is 19.5 Å². The van der Waals surface area contributed by atoms with Crippen molar-refractivity contribution in [1.29, 1.82) is 0 Å². The Morgan fingerprint density at radius 1 is 0.400 bits per heavy atom. The monoisotopic (exact) mass is 640 g/mol. The summed E-state index contributed by atoms with van der Waals surface area (Å²) < 4.78 is 8.64. The highest BCUT2D eigenvalue weighted by atomic mass is 16.3. The molecule has 10 aromatic rings. The minimum Gasteiger partial charge on any atom is -0.456 e. The molecule has 0 atom stereocenters. The van der Waals surface area contributed by atoms with Crippen molar-refractivity contribution in [3.63, 3.8) is 0 Å². The van der Waals surface area contributed by atoms with E-state index in [9.17, 15) is 0 Å². The van der Waals surface area contributed by atoms with E-state index in [2.05, 4.69) is 131 Å². The number of rotatable bonds is 5. The van der Waals surface area contributed by atoms with Crippen LogP contribution in [0.1, 0.15) is 0 Å². The fraction of sp³-hybridized carbons (Fsp3) is 0. The molecule has 0 bridgehead atoms. The number of pyridine rings is 1. The zero-order valence-corrected chi connectivity index (χ0v) is 26.9. The van der Waals surface area contributed by atoms with Gasteiger partial charge in [-0.05, 0) is 77.9 Å². The van der Waals surface area contributed by atoms with E-state index in [-0.39, 0.29) is 0 Å². The molecule has 5 heteroatoms. The fourth-order valence-corrected chi connectivity index (χ4v) is 7.14. The lowest BCUT2D eigenvalue weighted by atomic mass is 9.99. The SMILES string of the molecule is c1ccc(-c2nc(-c3cc(-c4ccncc4)cc(-n4c5ccccc5c5ccccc54)c3)cc(-c3ccc4c(c3)oc3ccccc34)n2)cc1. The van der Waals surface area contributed by atoms with Crippen LogP contribution < -0.4 is 0 Å². The normalized spacial score (nSPS) is 11.6. The molecule has 6 aromatic carbocycles. The highest BCUT2D eigenvalue weighted by Crippen LogP contribution is 2.38. The molecule has 0 saturated heterocycles. The molecule has 0 N–H and O–H groups in total. The van der Waals surface area contributed by atoms with Gasteiger partial charge >= 0.3 is 0 Å². The maximum absolute atomic E-state index is 6.29. The summed E-state index contributed by atoms with van der Waals surface area (Å²) in [6.45, 7) is 0. The van der Waals surface area contributed by atoms with Crippen molar-refractivity contribution in [2.75, 3.05) is 0 Å². The van der Waals surface area contributed by atoms with E-state index in [1.807, 2.05) is 48.8 Å². The third kappa shape index (κ3) is 4.67. The molecule has 4 aromatic heterocycles. The average Bonchev–Trinajstić information content (AvgIpc) is 3.74. The minimum atomic E-state index is 0.663. The lowest BCUT2D eigenvalue weighted by Gasteiger charge is -2.15. The Balaban J connectivity index is 1.23. The van der Waals surface area contributed by atoms with Crippen LogP contribution in [0.4, 0.5) is 0 Å². The van der Waals surface area contributed by atoms with Gasteiger partial charge < -0.3 is 8.98 Å². The van der Waals surface area contributed by atoms with Gasteiger partial charge in [0.2, 0.25) is 0 Å². The van der Waals surface area contributed by atoms with Gasteiger partial charge in [-0.3, -0.25) is 4.98 Å². The molecule has 0 aliphatic heterocycles. The molecular weight excluding hydrogens is 613 g/mol. The van der Waals surface area contributed by atoms with Crippen LogP contribution in [0.25, 0.3) is 94.5 Å². The Labute approximate surface area is 287 Å². The van der Waals surface area contributed by atoms with Crippen molar-refractivity contribution >= 4 is 43.7 Å². The van der Waals surface area contributed by atoms with Crippen molar-refractivity contribution in [3.8, 4) is 50.7 Å². The van der Waals surface area contributed by atoms with Crippen LogP contribution in [0.2, 0.25) is 0 Å². The zero-order chi connectivity index (χ0) is 33.0. The van der Waals surface area contributed by atoms with E-state index < -0.39 is 0 Å². The predicted molar refractivity (Wildman–Crippen MR) is 203 cm³/mol. The molecule has 0 aliphatic carbocycles. The van der Waals surface area contributed by atoms with Crippen molar-refractivity contribution in [2.45, 2.75) is 0 Å². The highest BCUT2D eigenvalue weighted by Gasteiger charge is 2.17. The third-order valence-electron chi connectivity index (χ3n) is 9.50. The Hall–Kier alpha value is -6.85. The molecule has 0 amide bonds. The zero-order valence-electron chi connectivity index (χ0n) is 26.9. The largest absolute Gasteiger partial charge is 0.456 e. The number of hydrogen-bond acceptors (Lipinski definition) is 4. The Kier molecular flexibility index (Phi) is 6.42. The van der Waals surface area contributed by atoms with Crippen molar-refractivity contribution in [2.24, 2.45) is 0 Å². The van der Waals surface area contributed by atoms with Crippen molar-refractivity contribution < 1.29 is 4.42 Å². The van der Waals surface area contributed by atoms with Gasteiger partial charge in [-0.15, -0.1) is 0 Å². The minimum absolute atomic E-state index is 0.663. The quantitative estimate of drug-likeness (QED) is 0.188. The first-order valence-corrected chi connectivity index (χ1v) is 16.7. The van der Waals surface area contributed by atoms with Gasteiger partial charge in [0.1, 0.15) is 11.2 Å². The summed E-state index contributed by atoms with van der Waals surface area (Å²) in [6, 6.07) is 54.8. The van der Waals surface area contributed by atoms with Crippen LogP contribution in [-0.4, -0.2) is 19.5 Å². The first-order chi connectivity index (χ1) is 24.8. The van der Waals surface area contributed by atoms with Gasteiger partial charge in [0.05, 0.1) is 22.4 Å². The predicted octanol–water partition coefficient (Wildman–Crippen LogP) is 11.5. The third-order valence-corrected chi connectivity index (χ3v) is 9.50. The molecule has 0 radical (unpaired) electrons. The second kappa shape index (κ2) is 11.4. The summed E-state index contributed by atoms with van der Waals surface area (Å²) in [5.41, 5.74) is 11.8. The molecule has 4 heterocycles. The summed E-state index contributed by atoms with van der Waals surface area (Å²) in [5.74, 6) is 0.663. The molecule has 234 valence electrons. The van der Waals surface area contributed by atoms with Gasteiger partial charge in [-0.1, -0.05) is 91.0 Å². The molecular formula is C45H28N4O. The van der Waals surface area contributed by atoms with Crippen LogP contribution in [0.5, 0.6) is 0 Å². The maximum Gasteiger partial charge on any atom is 0.160 e. The van der Waals surface area contributed by atoms with E-state index in [4.69, 9.17) is 14.4 Å². The van der Waals surface area contributed by atoms with Crippen LogP contribution in [-0.2, 0) is 0 Å². The summed E-state index contributed by atoms with van der Waals surface area (Å²) in [5, 5.41) is 4.63. The van der Waals surface area contributed by atoms with Gasteiger partial charge in [0.25, 0.3) is 0 Å². The van der Waals surface area contributed by atoms with Crippen LogP contribution in [0.3, 0.4) is 0 Å². The molecule has 0 fully saturated rings. The number of nitrogens with zero attached hydrogens (tertiary/aromatic N) is 4. The number of aromatic nitrogens is 4.